The summed E-state index contributed by atoms with van der Waals surface area (Å²) in [5.41, 5.74) is 0.354. The summed E-state index contributed by atoms with van der Waals surface area (Å²) in [5.74, 6) is 1.54. The van der Waals surface area contributed by atoms with E-state index in [1.54, 1.807) is 0 Å². The molecule has 0 bridgehead atoms. The molecule has 30 heavy (non-hydrogen) atoms. The van der Waals surface area contributed by atoms with Gasteiger partial charge in [-0.05, 0) is 37.6 Å². The number of carbonyl (C=O) groups excluding carboxylic acids is 2. The first-order chi connectivity index (χ1) is 14.5. The number of nitrogens with one attached hydrogen (secondary N) is 1. The lowest BCUT2D eigenvalue weighted by atomic mass is 9.84. The van der Waals surface area contributed by atoms with Gasteiger partial charge in [0.15, 0.2) is 17.0 Å². The van der Waals surface area contributed by atoms with E-state index in [0.29, 0.717) is 49.1 Å². The van der Waals surface area contributed by atoms with Crippen LogP contribution in [0, 0.1) is 0 Å². The van der Waals surface area contributed by atoms with E-state index < -0.39 is 11.6 Å². The Balaban J connectivity index is 1.66. The molecule has 1 fully saturated rings. The Hall–Kier alpha value is -2.74. The molecular formula is C22H23BrN2O5. The van der Waals surface area contributed by atoms with Crippen LogP contribution in [0.2, 0.25) is 0 Å². The number of benzene rings is 2. The first-order valence-corrected chi connectivity index (χ1v) is 10.7. The van der Waals surface area contributed by atoms with Crippen molar-refractivity contribution in [3.05, 3.63) is 52.0 Å². The van der Waals surface area contributed by atoms with Gasteiger partial charge in [0.1, 0.15) is 5.75 Å². The standard InChI is InChI=1S/C22H23BrN2O5/c1-3-28-18-11-14(16(23)12-19(18)29-4-2)13-25-20(26)22(24-21(25)27)9-10-30-17-8-6-5-7-15(17)22/h5-8,11-12H,3-4,9-10,13H2,1-2H3,(H,24,27). The lowest BCUT2D eigenvalue weighted by Gasteiger charge is -2.33. The molecule has 1 N–H and O–H groups in total. The fraction of sp³-hybridized carbons (Fsp3) is 0.364. The van der Waals surface area contributed by atoms with Gasteiger partial charge in [-0.15, -0.1) is 0 Å². The lowest BCUT2D eigenvalue weighted by Crippen LogP contribution is -2.47. The van der Waals surface area contributed by atoms with E-state index >= 15 is 0 Å². The molecule has 8 heteroatoms. The highest BCUT2D eigenvalue weighted by atomic mass is 79.9. The Kier molecular flexibility index (Phi) is 5.60. The summed E-state index contributed by atoms with van der Waals surface area (Å²) >= 11 is 3.54. The SMILES string of the molecule is CCOc1cc(Br)c(CN2C(=O)NC3(CCOc4ccccc43)C2=O)cc1OCC. The molecule has 2 aliphatic rings. The van der Waals surface area contributed by atoms with E-state index in [1.165, 1.54) is 4.90 Å². The van der Waals surface area contributed by atoms with Crippen molar-refractivity contribution in [1.82, 2.24) is 10.2 Å². The first kappa shape index (κ1) is 20.5. The van der Waals surface area contributed by atoms with Crippen molar-refractivity contribution in [3.8, 4) is 17.2 Å². The molecule has 2 aromatic rings. The smallest absolute Gasteiger partial charge is 0.325 e. The number of nitrogens with zero attached hydrogens (tertiary/aromatic N) is 1. The van der Waals surface area contributed by atoms with Crippen molar-refractivity contribution in [2.45, 2.75) is 32.4 Å². The Morgan fingerprint density at radius 3 is 2.57 bits per heavy atom. The second-order valence-electron chi connectivity index (χ2n) is 7.08. The Morgan fingerprint density at radius 2 is 1.83 bits per heavy atom. The van der Waals surface area contributed by atoms with Gasteiger partial charge in [0, 0.05) is 16.5 Å². The molecule has 2 aromatic carbocycles. The van der Waals surface area contributed by atoms with Gasteiger partial charge in [-0.3, -0.25) is 9.69 Å². The molecule has 4 rings (SSSR count). The number of halogens is 1. The zero-order chi connectivity index (χ0) is 21.3. The zero-order valence-corrected chi connectivity index (χ0v) is 18.5. The third kappa shape index (κ3) is 3.39. The van der Waals surface area contributed by atoms with E-state index in [9.17, 15) is 9.59 Å². The molecule has 3 amide bonds. The number of carbonyl (C=O) groups is 2. The Labute approximate surface area is 183 Å². The maximum atomic E-state index is 13.5. The second kappa shape index (κ2) is 8.18. The van der Waals surface area contributed by atoms with Crippen LogP contribution in [-0.2, 0) is 16.9 Å². The molecular weight excluding hydrogens is 452 g/mol. The number of ether oxygens (including phenoxy) is 3. The van der Waals surface area contributed by atoms with Gasteiger partial charge in [0.25, 0.3) is 5.91 Å². The van der Waals surface area contributed by atoms with Crippen LogP contribution in [0.15, 0.2) is 40.9 Å². The second-order valence-corrected chi connectivity index (χ2v) is 7.93. The molecule has 2 heterocycles. The highest BCUT2D eigenvalue weighted by molar-refractivity contribution is 9.10. The molecule has 0 aliphatic carbocycles. The minimum absolute atomic E-state index is 0.114. The van der Waals surface area contributed by atoms with Gasteiger partial charge < -0.3 is 19.5 Å². The predicted molar refractivity (Wildman–Crippen MR) is 114 cm³/mol. The van der Waals surface area contributed by atoms with Crippen molar-refractivity contribution < 1.29 is 23.8 Å². The topological polar surface area (TPSA) is 77.1 Å². The molecule has 1 spiro atoms. The first-order valence-electron chi connectivity index (χ1n) is 9.94. The summed E-state index contributed by atoms with van der Waals surface area (Å²) in [7, 11) is 0. The van der Waals surface area contributed by atoms with Crippen molar-refractivity contribution >= 4 is 27.9 Å². The van der Waals surface area contributed by atoms with Gasteiger partial charge in [-0.2, -0.15) is 0 Å². The molecule has 1 unspecified atom stereocenters. The predicted octanol–water partition coefficient (Wildman–Crippen LogP) is 3.98. The highest BCUT2D eigenvalue weighted by Crippen LogP contribution is 2.42. The molecule has 2 aliphatic heterocycles. The van der Waals surface area contributed by atoms with Gasteiger partial charge in [0.05, 0.1) is 26.4 Å². The van der Waals surface area contributed by atoms with E-state index in [2.05, 4.69) is 21.2 Å². The van der Waals surface area contributed by atoms with Crippen LogP contribution >= 0.6 is 15.9 Å². The largest absolute Gasteiger partial charge is 0.493 e. The number of hydrogen-bond acceptors (Lipinski definition) is 5. The van der Waals surface area contributed by atoms with Crippen LogP contribution in [0.5, 0.6) is 17.2 Å². The number of para-hydroxylation sites is 1. The fourth-order valence-electron chi connectivity index (χ4n) is 3.92. The highest BCUT2D eigenvalue weighted by Gasteiger charge is 2.54. The third-order valence-corrected chi connectivity index (χ3v) is 6.04. The molecule has 1 saturated heterocycles. The average molecular weight is 475 g/mol. The van der Waals surface area contributed by atoms with Crippen LogP contribution in [0.1, 0.15) is 31.4 Å². The van der Waals surface area contributed by atoms with Crippen LogP contribution in [0.4, 0.5) is 4.79 Å². The van der Waals surface area contributed by atoms with Crippen molar-refractivity contribution in [2.24, 2.45) is 0 Å². The Bertz CT molecular complexity index is 995. The van der Waals surface area contributed by atoms with Crippen molar-refractivity contribution in [3.63, 3.8) is 0 Å². The molecule has 0 saturated carbocycles. The molecule has 7 nitrogen and oxygen atoms in total. The number of hydrogen-bond donors (Lipinski definition) is 1. The number of amides is 3. The maximum absolute atomic E-state index is 13.5. The van der Waals surface area contributed by atoms with Crippen molar-refractivity contribution in [2.75, 3.05) is 19.8 Å². The maximum Gasteiger partial charge on any atom is 0.325 e. The molecule has 0 aromatic heterocycles. The van der Waals surface area contributed by atoms with E-state index in [4.69, 9.17) is 14.2 Å². The minimum atomic E-state index is -1.09. The van der Waals surface area contributed by atoms with Crippen LogP contribution in [0.3, 0.4) is 0 Å². The summed E-state index contributed by atoms with van der Waals surface area (Å²) in [6.45, 7) is 5.24. The van der Waals surface area contributed by atoms with Gasteiger partial charge in [-0.1, -0.05) is 34.1 Å². The van der Waals surface area contributed by atoms with E-state index in [-0.39, 0.29) is 12.5 Å². The summed E-state index contributed by atoms with van der Waals surface area (Å²) in [6.07, 6.45) is 0.389. The summed E-state index contributed by atoms with van der Waals surface area (Å²) in [5, 5.41) is 2.92. The lowest BCUT2D eigenvalue weighted by molar-refractivity contribution is -0.133. The van der Waals surface area contributed by atoms with Crippen molar-refractivity contribution in [1.29, 1.82) is 0 Å². The number of imide groups is 1. The summed E-state index contributed by atoms with van der Waals surface area (Å²) in [6, 6.07) is 10.5. The van der Waals surface area contributed by atoms with Gasteiger partial charge in [-0.25, -0.2) is 4.79 Å². The van der Waals surface area contributed by atoms with Gasteiger partial charge >= 0.3 is 6.03 Å². The monoisotopic (exact) mass is 474 g/mol. The average Bonchev–Trinajstić information content (AvgIpc) is 2.96. The van der Waals surface area contributed by atoms with Crippen LogP contribution < -0.4 is 19.5 Å². The quantitative estimate of drug-likeness (QED) is 0.640. The molecule has 0 radical (unpaired) electrons. The Morgan fingerprint density at radius 1 is 1.13 bits per heavy atom. The normalized spacial score (nSPS) is 20.0. The minimum Gasteiger partial charge on any atom is -0.493 e. The fourth-order valence-corrected chi connectivity index (χ4v) is 4.37. The number of urea groups is 1. The zero-order valence-electron chi connectivity index (χ0n) is 16.9. The summed E-state index contributed by atoms with van der Waals surface area (Å²) in [4.78, 5) is 27.6. The van der Waals surface area contributed by atoms with Crippen LogP contribution in [0.25, 0.3) is 0 Å². The molecule has 158 valence electrons. The molecule has 1 atom stereocenters. The third-order valence-electron chi connectivity index (χ3n) is 5.30. The van der Waals surface area contributed by atoms with E-state index in [1.807, 2.05) is 50.2 Å². The number of rotatable bonds is 6. The summed E-state index contributed by atoms with van der Waals surface area (Å²) < 4.78 is 17.8. The van der Waals surface area contributed by atoms with Crippen LogP contribution in [-0.4, -0.2) is 36.7 Å². The van der Waals surface area contributed by atoms with Gasteiger partial charge in [0.2, 0.25) is 0 Å². The number of fused-ring (bicyclic) bond motifs is 2. The van der Waals surface area contributed by atoms with E-state index in [0.717, 1.165) is 10.0 Å².